The number of carbonyl (C=O) groups is 1. The molecule has 2 aromatic heterocycles. The van der Waals surface area contributed by atoms with Crippen LogP contribution in [0.1, 0.15) is 16.1 Å². The number of furan rings is 1. The highest BCUT2D eigenvalue weighted by atomic mass is 16.5. The van der Waals surface area contributed by atoms with Crippen LogP contribution in [-0.4, -0.2) is 42.4 Å². The first-order valence-corrected chi connectivity index (χ1v) is 10.2. The van der Waals surface area contributed by atoms with Gasteiger partial charge < -0.3 is 24.3 Å². The minimum atomic E-state index is -0.844. The van der Waals surface area contributed by atoms with Crippen LogP contribution in [0.2, 0.25) is 0 Å². The zero-order chi connectivity index (χ0) is 22.3. The Morgan fingerprint density at radius 1 is 1.12 bits per heavy atom. The summed E-state index contributed by atoms with van der Waals surface area (Å²) in [6.07, 6.45) is 0.720. The monoisotopic (exact) mass is 432 g/mol. The normalized spacial score (nSPS) is 11.9. The van der Waals surface area contributed by atoms with Gasteiger partial charge in [0, 0.05) is 17.5 Å². The van der Waals surface area contributed by atoms with Crippen LogP contribution in [0.3, 0.4) is 0 Å². The van der Waals surface area contributed by atoms with Gasteiger partial charge in [-0.2, -0.15) is 0 Å². The Hall–Kier alpha value is -3.68. The summed E-state index contributed by atoms with van der Waals surface area (Å²) >= 11 is 0. The molecule has 1 atom stereocenters. The zero-order valence-corrected chi connectivity index (χ0v) is 17.7. The molecule has 0 aliphatic carbocycles. The molecule has 164 valence electrons. The van der Waals surface area contributed by atoms with Crippen molar-refractivity contribution in [2.45, 2.75) is 12.7 Å². The van der Waals surface area contributed by atoms with Crippen molar-refractivity contribution in [2.24, 2.45) is 0 Å². The van der Waals surface area contributed by atoms with E-state index < -0.39 is 6.10 Å². The third kappa shape index (κ3) is 5.14. The van der Waals surface area contributed by atoms with Crippen molar-refractivity contribution >= 4 is 16.8 Å². The molecule has 0 saturated heterocycles. The molecule has 7 nitrogen and oxygen atoms in total. The van der Waals surface area contributed by atoms with Crippen molar-refractivity contribution < 1.29 is 23.8 Å². The van der Waals surface area contributed by atoms with Gasteiger partial charge in [0.25, 0.3) is 5.91 Å². The Morgan fingerprint density at radius 3 is 2.69 bits per heavy atom. The molecule has 4 rings (SSSR count). The second-order valence-electron chi connectivity index (χ2n) is 7.26. The molecule has 2 N–H and O–H groups in total. The quantitative estimate of drug-likeness (QED) is 0.418. The summed E-state index contributed by atoms with van der Waals surface area (Å²) in [6.45, 7) is 0.402. The average Bonchev–Trinajstić information content (AvgIpc) is 3.35. The highest BCUT2D eigenvalue weighted by Gasteiger charge is 2.15. The summed E-state index contributed by atoms with van der Waals surface area (Å²) in [5, 5.41) is 13.7. The Labute approximate surface area is 185 Å². The number of para-hydroxylation sites is 1. The molecule has 0 spiro atoms. The molecule has 0 unspecified atom stereocenters. The minimum absolute atomic E-state index is 0.0610. The smallest absolute Gasteiger partial charge is 0.252 e. The molecular formula is C25H24N2O5. The van der Waals surface area contributed by atoms with Crippen LogP contribution in [0.15, 0.2) is 77.4 Å². The second kappa shape index (κ2) is 10.1. The molecule has 0 radical (unpaired) electrons. The van der Waals surface area contributed by atoms with Gasteiger partial charge in [-0.1, -0.05) is 18.2 Å². The summed E-state index contributed by atoms with van der Waals surface area (Å²) in [5.74, 6) is 1.13. The lowest BCUT2D eigenvalue weighted by molar-refractivity contribution is 0.0225. The fourth-order valence-electron chi connectivity index (χ4n) is 3.33. The Morgan fingerprint density at radius 2 is 1.94 bits per heavy atom. The number of fused-ring (bicyclic) bond motifs is 1. The largest absolute Gasteiger partial charge is 0.497 e. The SMILES string of the molecule is COc1ccc(-c2cc(C(=O)NC[C@@H](O)COCc3ccco3)c3ccccc3n2)cc1. The van der Waals surface area contributed by atoms with Gasteiger partial charge >= 0.3 is 0 Å². The molecule has 32 heavy (non-hydrogen) atoms. The van der Waals surface area contributed by atoms with Crippen LogP contribution in [0.4, 0.5) is 0 Å². The van der Waals surface area contributed by atoms with Gasteiger partial charge in [0.2, 0.25) is 0 Å². The number of methoxy groups -OCH3 is 1. The van der Waals surface area contributed by atoms with Crippen LogP contribution in [-0.2, 0) is 11.3 Å². The van der Waals surface area contributed by atoms with E-state index in [0.717, 1.165) is 16.7 Å². The first-order valence-electron chi connectivity index (χ1n) is 10.2. The molecular weight excluding hydrogens is 408 g/mol. The van der Waals surface area contributed by atoms with Gasteiger partial charge in [0.1, 0.15) is 18.1 Å². The van der Waals surface area contributed by atoms with E-state index in [0.29, 0.717) is 22.5 Å². The van der Waals surface area contributed by atoms with Crippen molar-refractivity contribution in [3.05, 3.63) is 84.3 Å². The number of nitrogens with zero attached hydrogens (tertiary/aromatic N) is 1. The number of ether oxygens (including phenoxy) is 2. The van der Waals surface area contributed by atoms with E-state index in [1.54, 1.807) is 31.6 Å². The number of aliphatic hydroxyl groups is 1. The third-order valence-corrected chi connectivity index (χ3v) is 4.98. The van der Waals surface area contributed by atoms with Gasteiger partial charge in [-0.05, 0) is 48.5 Å². The Bertz CT molecular complexity index is 1170. The van der Waals surface area contributed by atoms with E-state index in [4.69, 9.17) is 18.9 Å². The molecule has 7 heteroatoms. The number of amides is 1. The van der Waals surface area contributed by atoms with Crippen LogP contribution >= 0.6 is 0 Å². The van der Waals surface area contributed by atoms with Crippen LogP contribution in [0.5, 0.6) is 5.75 Å². The van der Waals surface area contributed by atoms with Crippen molar-refractivity contribution in [2.75, 3.05) is 20.3 Å². The number of aromatic nitrogens is 1. The number of benzene rings is 2. The number of carbonyl (C=O) groups excluding carboxylic acids is 1. The first-order chi connectivity index (χ1) is 15.6. The lowest BCUT2D eigenvalue weighted by Gasteiger charge is -2.14. The highest BCUT2D eigenvalue weighted by Crippen LogP contribution is 2.26. The van der Waals surface area contributed by atoms with Gasteiger partial charge in [-0.15, -0.1) is 0 Å². The fourth-order valence-corrected chi connectivity index (χ4v) is 3.33. The molecule has 2 aromatic carbocycles. The third-order valence-electron chi connectivity index (χ3n) is 4.98. The van der Waals surface area contributed by atoms with E-state index in [1.165, 1.54) is 0 Å². The molecule has 0 bridgehead atoms. The first kappa shape index (κ1) is 21.5. The minimum Gasteiger partial charge on any atom is -0.497 e. The predicted molar refractivity (Wildman–Crippen MR) is 120 cm³/mol. The van der Waals surface area contributed by atoms with Gasteiger partial charge in [-0.25, -0.2) is 4.98 Å². The lowest BCUT2D eigenvalue weighted by Crippen LogP contribution is -2.34. The molecule has 0 saturated carbocycles. The van der Waals surface area contributed by atoms with Crippen molar-refractivity contribution in [1.82, 2.24) is 10.3 Å². The van der Waals surface area contributed by atoms with Crippen molar-refractivity contribution in [3.63, 3.8) is 0 Å². The topological polar surface area (TPSA) is 93.8 Å². The number of pyridine rings is 1. The number of aliphatic hydroxyl groups excluding tert-OH is 1. The molecule has 0 aliphatic heterocycles. The summed E-state index contributed by atoms with van der Waals surface area (Å²) in [5.41, 5.74) is 2.76. The summed E-state index contributed by atoms with van der Waals surface area (Å²) < 4.78 is 15.8. The molecule has 4 aromatic rings. The maximum absolute atomic E-state index is 13.0. The summed E-state index contributed by atoms with van der Waals surface area (Å²) in [4.78, 5) is 17.7. The molecule has 1 amide bonds. The van der Waals surface area contributed by atoms with E-state index in [2.05, 4.69) is 5.32 Å². The van der Waals surface area contributed by atoms with Crippen molar-refractivity contribution in [3.8, 4) is 17.0 Å². The number of rotatable bonds is 9. The second-order valence-corrected chi connectivity index (χ2v) is 7.26. The summed E-state index contributed by atoms with van der Waals surface area (Å²) in [6, 6.07) is 20.3. The van der Waals surface area contributed by atoms with E-state index in [-0.39, 0.29) is 25.7 Å². The number of nitrogens with one attached hydrogen (secondary N) is 1. The Balaban J connectivity index is 1.47. The lowest BCUT2D eigenvalue weighted by atomic mass is 10.0. The van der Waals surface area contributed by atoms with Gasteiger partial charge in [0.05, 0.1) is 42.9 Å². The van der Waals surface area contributed by atoms with Gasteiger partial charge in [0.15, 0.2) is 0 Å². The van der Waals surface area contributed by atoms with Crippen LogP contribution in [0.25, 0.3) is 22.2 Å². The maximum atomic E-state index is 13.0. The average molecular weight is 432 g/mol. The van der Waals surface area contributed by atoms with E-state index >= 15 is 0 Å². The van der Waals surface area contributed by atoms with Crippen molar-refractivity contribution in [1.29, 1.82) is 0 Å². The van der Waals surface area contributed by atoms with Crippen LogP contribution in [0, 0.1) is 0 Å². The van der Waals surface area contributed by atoms with Crippen LogP contribution < -0.4 is 10.1 Å². The van der Waals surface area contributed by atoms with E-state index in [1.807, 2.05) is 48.5 Å². The molecule has 0 fully saturated rings. The summed E-state index contributed by atoms with van der Waals surface area (Å²) in [7, 11) is 1.61. The highest BCUT2D eigenvalue weighted by molar-refractivity contribution is 6.07. The van der Waals surface area contributed by atoms with E-state index in [9.17, 15) is 9.90 Å². The fraction of sp³-hybridized carbons (Fsp3) is 0.200. The number of hydrogen-bond acceptors (Lipinski definition) is 6. The zero-order valence-electron chi connectivity index (χ0n) is 17.7. The standard InChI is InChI=1S/C25H24N2O5/c1-30-19-10-8-17(9-11-19)24-13-22(21-6-2-3-7-23(21)27-24)25(29)26-14-18(28)15-31-16-20-5-4-12-32-20/h2-13,18,28H,14-16H2,1H3,(H,26,29)/t18-/m1/s1. The predicted octanol–water partition coefficient (Wildman–Crippen LogP) is 3.81. The molecule has 0 aliphatic rings. The molecule has 2 heterocycles. The number of hydrogen-bond donors (Lipinski definition) is 2. The maximum Gasteiger partial charge on any atom is 0.252 e. The Kier molecular flexibility index (Phi) is 6.79. The van der Waals surface area contributed by atoms with Gasteiger partial charge in [-0.3, -0.25) is 4.79 Å².